The number of rotatable bonds is 8. The Morgan fingerprint density at radius 3 is 2.20 bits per heavy atom. The highest BCUT2D eigenvalue weighted by Gasteiger charge is 2.25. The molecule has 0 spiro atoms. The number of nitrogens with zero attached hydrogens (tertiary/aromatic N) is 1. The zero-order valence-electron chi connectivity index (χ0n) is 8.59. The van der Waals surface area contributed by atoms with Gasteiger partial charge >= 0.3 is 0 Å². The van der Waals surface area contributed by atoms with Gasteiger partial charge in [0.15, 0.2) is 0 Å². The van der Waals surface area contributed by atoms with Gasteiger partial charge in [-0.3, -0.25) is 4.57 Å². The van der Waals surface area contributed by atoms with Gasteiger partial charge in [-0.2, -0.15) is 0 Å². The van der Waals surface area contributed by atoms with Crippen LogP contribution in [0.15, 0.2) is 11.6 Å². The van der Waals surface area contributed by atoms with Gasteiger partial charge in [0.2, 0.25) is 0 Å². The van der Waals surface area contributed by atoms with Crippen LogP contribution in [0.1, 0.15) is 0 Å². The molecule has 0 amide bonds. The van der Waals surface area contributed by atoms with Crippen molar-refractivity contribution in [1.82, 2.24) is 4.67 Å². The summed E-state index contributed by atoms with van der Waals surface area (Å²) >= 11 is 16.7. The molecule has 3 nitrogen and oxygen atoms in total. The lowest BCUT2D eigenvalue weighted by Gasteiger charge is -2.27. The monoisotopic (exact) mass is 293 g/mol. The molecule has 90 valence electrons. The molecule has 0 radical (unpaired) electrons. The van der Waals surface area contributed by atoms with E-state index in [4.69, 9.17) is 39.3 Å². The molecule has 0 fully saturated rings. The summed E-state index contributed by atoms with van der Waals surface area (Å²) in [5, 5.41) is 0.314. The SMILES string of the molecule is C=C(Cl)CO[P@@](C)(=O)N(CCCl)CCCl. The Labute approximate surface area is 106 Å². The highest BCUT2D eigenvalue weighted by Crippen LogP contribution is 2.46. The Morgan fingerprint density at radius 2 is 1.87 bits per heavy atom. The number of halogens is 3. The molecule has 0 saturated carbocycles. The van der Waals surface area contributed by atoms with Crippen LogP contribution >= 0.6 is 42.3 Å². The van der Waals surface area contributed by atoms with E-state index >= 15 is 0 Å². The first kappa shape index (κ1) is 15.8. The lowest BCUT2D eigenvalue weighted by Crippen LogP contribution is -2.25. The van der Waals surface area contributed by atoms with Gasteiger partial charge in [-0.05, 0) is 0 Å². The second-order valence-electron chi connectivity index (χ2n) is 2.93. The summed E-state index contributed by atoms with van der Waals surface area (Å²) in [6, 6.07) is 0. The van der Waals surface area contributed by atoms with Crippen molar-refractivity contribution < 1.29 is 9.09 Å². The van der Waals surface area contributed by atoms with Crippen LogP contribution in [0, 0.1) is 0 Å². The largest absolute Gasteiger partial charge is 0.312 e. The van der Waals surface area contributed by atoms with Crippen LogP contribution in [0.3, 0.4) is 0 Å². The van der Waals surface area contributed by atoms with Gasteiger partial charge in [-0.25, -0.2) is 4.67 Å². The zero-order valence-corrected chi connectivity index (χ0v) is 11.7. The Morgan fingerprint density at radius 1 is 1.40 bits per heavy atom. The van der Waals surface area contributed by atoms with E-state index in [-0.39, 0.29) is 6.61 Å². The molecule has 0 bridgehead atoms. The minimum atomic E-state index is -2.87. The molecule has 0 aliphatic carbocycles. The van der Waals surface area contributed by atoms with Crippen molar-refractivity contribution in [3.05, 3.63) is 11.6 Å². The highest BCUT2D eigenvalue weighted by atomic mass is 35.5. The first-order valence-corrected chi connectivity index (χ1v) is 7.84. The first-order chi connectivity index (χ1) is 6.94. The summed E-state index contributed by atoms with van der Waals surface area (Å²) < 4.78 is 18.9. The Kier molecular flexibility index (Phi) is 8.34. The topological polar surface area (TPSA) is 29.5 Å². The average Bonchev–Trinajstić information content (AvgIpc) is 2.15. The molecule has 0 aliphatic heterocycles. The molecule has 0 heterocycles. The standard InChI is InChI=1S/C8H15Cl3NO2P/c1-8(11)7-14-15(2,13)12(5-3-9)6-4-10/h1,3-7H2,2H3/t15-/m1/s1. The lowest BCUT2D eigenvalue weighted by molar-refractivity contribution is 0.295. The predicted molar refractivity (Wildman–Crippen MR) is 67.5 cm³/mol. The van der Waals surface area contributed by atoms with Crippen molar-refractivity contribution in [3.63, 3.8) is 0 Å². The summed E-state index contributed by atoms with van der Waals surface area (Å²) in [4.78, 5) is 0. The smallest absolute Gasteiger partial charge is 0.269 e. The molecule has 0 N–H and O–H groups in total. The van der Waals surface area contributed by atoms with Crippen LogP contribution in [0.25, 0.3) is 0 Å². The first-order valence-electron chi connectivity index (χ1n) is 4.36. The Balaban J connectivity index is 4.34. The van der Waals surface area contributed by atoms with Gasteiger partial charge in [0.05, 0.1) is 6.61 Å². The van der Waals surface area contributed by atoms with Crippen LogP contribution < -0.4 is 0 Å². The quantitative estimate of drug-likeness (QED) is 0.508. The maximum atomic E-state index is 12.1. The van der Waals surface area contributed by atoms with E-state index in [1.807, 2.05) is 0 Å². The van der Waals surface area contributed by atoms with Gasteiger partial charge in [-0.15, -0.1) is 23.2 Å². The number of hydrogen-bond acceptors (Lipinski definition) is 2. The van der Waals surface area contributed by atoms with Gasteiger partial charge in [0.25, 0.3) is 7.52 Å². The zero-order chi connectivity index (χ0) is 11.9. The van der Waals surface area contributed by atoms with Gasteiger partial charge in [-0.1, -0.05) is 18.2 Å². The molecule has 1 atom stereocenters. The van der Waals surface area contributed by atoms with Crippen LogP contribution in [0.4, 0.5) is 0 Å². The Hall–Kier alpha value is 0.760. The summed E-state index contributed by atoms with van der Waals surface area (Å²) in [5.41, 5.74) is 0. The molecular weight excluding hydrogens is 279 g/mol. The molecule has 0 aromatic heterocycles. The summed E-state index contributed by atoms with van der Waals surface area (Å²) in [7, 11) is -2.87. The number of hydrogen-bond donors (Lipinski definition) is 0. The third-order valence-corrected chi connectivity index (χ3v) is 4.14. The minimum absolute atomic E-state index is 0.0659. The van der Waals surface area contributed by atoms with E-state index < -0.39 is 7.52 Å². The molecule has 0 saturated heterocycles. The van der Waals surface area contributed by atoms with Crippen LogP contribution in [0.2, 0.25) is 0 Å². The van der Waals surface area contributed by atoms with Gasteiger partial charge in [0, 0.05) is 36.5 Å². The molecule has 0 aromatic carbocycles. The van der Waals surface area contributed by atoms with E-state index in [2.05, 4.69) is 6.58 Å². The predicted octanol–water partition coefficient (Wildman–Crippen LogP) is 3.36. The fourth-order valence-corrected chi connectivity index (χ4v) is 3.20. The molecule has 0 rings (SSSR count). The third kappa shape index (κ3) is 6.83. The maximum Gasteiger partial charge on any atom is 0.269 e. The summed E-state index contributed by atoms with van der Waals surface area (Å²) in [6.07, 6.45) is 0. The van der Waals surface area contributed by atoms with Crippen LogP contribution in [0.5, 0.6) is 0 Å². The van der Waals surface area contributed by atoms with E-state index in [9.17, 15) is 4.57 Å². The van der Waals surface area contributed by atoms with Crippen molar-refractivity contribution in [3.8, 4) is 0 Å². The van der Waals surface area contributed by atoms with Crippen LogP contribution in [-0.4, -0.2) is 42.8 Å². The molecule has 0 aliphatic rings. The van der Waals surface area contributed by atoms with Crippen molar-refractivity contribution in [2.45, 2.75) is 0 Å². The van der Waals surface area contributed by atoms with Gasteiger partial charge in [0.1, 0.15) is 0 Å². The molecule has 0 unspecified atom stereocenters. The molecule has 7 heteroatoms. The van der Waals surface area contributed by atoms with E-state index in [0.29, 0.717) is 29.9 Å². The van der Waals surface area contributed by atoms with Gasteiger partial charge < -0.3 is 4.52 Å². The maximum absolute atomic E-state index is 12.1. The summed E-state index contributed by atoms with van der Waals surface area (Å²) in [6.45, 7) is 5.98. The normalized spacial score (nSPS) is 15.3. The van der Waals surface area contributed by atoms with Crippen LogP contribution in [-0.2, 0) is 9.09 Å². The molecule has 0 aromatic rings. The lowest BCUT2D eigenvalue weighted by atomic mass is 10.6. The van der Waals surface area contributed by atoms with E-state index in [0.717, 1.165) is 0 Å². The fraction of sp³-hybridized carbons (Fsp3) is 0.750. The fourth-order valence-electron chi connectivity index (χ4n) is 0.942. The second-order valence-corrected chi connectivity index (χ2v) is 6.65. The van der Waals surface area contributed by atoms with Crippen molar-refractivity contribution >= 4 is 42.3 Å². The average molecular weight is 295 g/mol. The third-order valence-electron chi connectivity index (χ3n) is 1.66. The Bertz CT molecular complexity index is 244. The number of alkyl halides is 2. The van der Waals surface area contributed by atoms with E-state index in [1.165, 1.54) is 6.66 Å². The van der Waals surface area contributed by atoms with E-state index in [1.54, 1.807) is 4.67 Å². The van der Waals surface area contributed by atoms with Crippen molar-refractivity contribution in [1.29, 1.82) is 0 Å². The highest BCUT2D eigenvalue weighted by molar-refractivity contribution is 7.55. The second kappa shape index (κ2) is 7.94. The van der Waals surface area contributed by atoms with Crippen molar-refractivity contribution in [2.24, 2.45) is 0 Å². The summed E-state index contributed by atoms with van der Waals surface area (Å²) in [5.74, 6) is 0.750. The minimum Gasteiger partial charge on any atom is -0.312 e. The molecular formula is C8H15Cl3NO2P. The van der Waals surface area contributed by atoms with Crippen molar-refractivity contribution in [2.75, 3.05) is 38.1 Å². The molecule has 15 heavy (non-hydrogen) atoms.